The van der Waals surface area contributed by atoms with Gasteiger partial charge in [0.25, 0.3) is 0 Å². The minimum absolute atomic E-state index is 0.0741. The maximum Gasteiger partial charge on any atom is 0.234 e. The van der Waals surface area contributed by atoms with Gasteiger partial charge in [0.15, 0.2) is 11.0 Å². The maximum absolute atomic E-state index is 12.4. The fourth-order valence-electron chi connectivity index (χ4n) is 2.82. The molecule has 0 radical (unpaired) electrons. The number of nitrogens with zero attached hydrogens (tertiary/aromatic N) is 3. The van der Waals surface area contributed by atoms with E-state index in [-0.39, 0.29) is 11.7 Å². The molecular formula is C22H20N4OS2. The van der Waals surface area contributed by atoms with Gasteiger partial charge in [-0.1, -0.05) is 53.2 Å². The minimum Gasteiger partial charge on any atom is -0.325 e. The first-order valence-corrected chi connectivity index (χ1v) is 11.0. The molecule has 0 saturated heterocycles. The van der Waals surface area contributed by atoms with E-state index in [4.69, 9.17) is 0 Å². The summed E-state index contributed by atoms with van der Waals surface area (Å²) in [4.78, 5) is 13.4. The number of hydrogen-bond acceptors (Lipinski definition) is 5. The molecule has 5 nitrogen and oxygen atoms in total. The molecule has 4 rings (SSSR count). The Morgan fingerprint density at radius 2 is 1.69 bits per heavy atom. The SMILES string of the molecule is Cc1ccc(NC(=O)CSc2nnc(-c3cccs3)n2-c2ccc(C)cc2)cc1. The molecule has 0 unspecified atom stereocenters. The van der Waals surface area contributed by atoms with Crippen molar-refractivity contribution in [3.63, 3.8) is 0 Å². The molecule has 29 heavy (non-hydrogen) atoms. The molecule has 146 valence electrons. The Labute approximate surface area is 177 Å². The van der Waals surface area contributed by atoms with Gasteiger partial charge in [-0.15, -0.1) is 21.5 Å². The Hall–Kier alpha value is -2.90. The van der Waals surface area contributed by atoms with Crippen LogP contribution in [0.25, 0.3) is 16.4 Å². The average Bonchev–Trinajstić information content (AvgIpc) is 3.38. The average molecular weight is 421 g/mol. The fraction of sp³-hybridized carbons (Fsp3) is 0.136. The van der Waals surface area contributed by atoms with Crippen LogP contribution in [0.15, 0.2) is 71.2 Å². The van der Waals surface area contributed by atoms with Crippen LogP contribution in [0, 0.1) is 13.8 Å². The second-order valence-corrected chi connectivity index (χ2v) is 8.55. The number of nitrogens with one attached hydrogen (secondary N) is 1. The first-order chi connectivity index (χ1) is 14.1. The van der Waals surface area contributed by atoms with Crippen LogP contribution in [0.3, 0.4) is 0 Å². The summed E-state index contributed by atoms with van der Waals surface area (Å²) < 4.78 is 2.01. The summed E-state index contributed by atoms with van der Waals surface area (Å²) in [6, 6.07) is 20.0. The number of amides is 1. The highest BCUT2D eigenvalue weighted by molar-refractivity contribution is 7.99. The second kappa shape index (κ2) is 8.63. The van der Waals surface area contributed by atoms with Crippen LogP contribution in [0.2, 0.25) is 0 Å². The van der Waals surface area contributed by atoms with Crippen molar-refractivity contribution in [3.05, 3.63) is 77.2 Å². The van der Waals surface area contributed by atoms with Gasteiger partial charge in [-0.25, -0.2) is 0 Å². The van der Waals surface area contributed by atoms with Crippen LogP contribution in [0.4, 0.5) is 5.69 Å². The zero-order valence-corrected chi connectivity index (χ0v) is 17.8. The van der Waals surface area contributed by atoms with Gasteiger partial charge in [-0.3, -0.25) is 9.36 Å². The normalized spacial score (nSPS) is 10.8. The number of benzene rings is 2. The number of anilines is 1. The number of carbonyl (C=O) groups excluding carboxylic acids is 1. The Bertz CT molecular complexity index is 1100. The van der Waals surface area contributed by atoms with Crippen molar-refractivity contribution in [3.8, 4) is 16.4 Å². The first kappa shape index (κ1) is 19.4. The van der Waals surface area contributed by atoms with E-state index in [1.54, 1.807) is 11.3 Å². The van der Waals surface area contributed by atoms with Gasteiger partial charge in [-0.2, -0.15) is 0 Å². The van der Waals surface area contributed by atoms with Gasteiger partial charge in [0.2, 0.25) is 5.91 Å². The lowest BCUT2D eigenvalue weighted by Gasteiger charge is -2.10. The highest BCUT2D eigenvalue weighted by Crippen LogP contribution is 2.30. The summed E-state index contributed by atoms with van der Waals surface area (Å²) >= 11 is 2.99. The van der Waals surface area contributed by atoms with Crippen molar-refractivity contribution in [2.24, 2.45) is 0 Å². The van der Waals surface area contributed by atoms with Gasteiger partial charge in [0.1, 0.15) is 0 Å². The molecule has 0 fully saturated rings. The van der Waals surface area contributed by atoms with Crippen molar-refractivity contribution in [2.75, 3.05) is 11.1 Å². The predicted octanol–water partition coefficient (Wildman–Crippen LogP) is 5.34. The second-order valence-electron chi connectivity index (χ2n) is 6.66. The molecule has 7 heteroatoms. The summed E-state index contributed by atoms with van der Waals surface area (Å²) in [5.41, 5.74) is 4.11. The van der Waals surface area contributed by atoms with E-state index in [0.717, 1.165) is 27.6 Å². The van der Waals surface area contributed by atoms with Crippen LogP contribution in [-0.2, 0) is 4.79 Å². The van der Waals surface area contributed by atoms with E-state index in [1.165, 1.54) is 17.3 Å². The summed E-state index contributed by atoms with van der Waals surface area (Å²) in [6.45, 7) is 4.08. The molecule has 0 aliphatic heterocycles. The number of thioether (sulfide) groups is 1. The van der Waals surface area contributed by atoms with E-state index in [2.05, 4.69) is 34.6 Å². The quantitative estimate of drug-likeness (QED) is 0.428. The molecule has 0 bridgehead atoms. The lowest BCUT2D eigenvalue weighted by atomic mass is 10.2. The number of thiophene rings is 1. The van der Waals surface area contributed by atoms with Gasteiger partial charge >= 0.3 is 0 Å². The summed E-state index contributed by atoms with van der Waals surface area (Å²) in [6.07, 6.45) is 0. The third kappa shape index (κ3) is 4.58. The molecular weight excluding hydrogens is 400 g/mol. The molecule has 1 N–H and O–H groups in total. The number of carbonyl (C=O) groups is 1. The Kier molecular flexibility index (Phi) is 5.78. The van der Waals surface area contributed by atoms with Gasteiger partial charge in [-0.05, 0) is 49.6 Å². The van der Waals surface area contributed by atoms with E-state index in [1.807, 2.05) is 65.4 Å². The molecule has 0 spiro atoms. The molecule has 4 aromatic rings. The lowest BCUT2D eigenvalue weighted by Crippen LogP contribution is -2.14. The van der Waals surface area contributed by atoms with Gasteiger partial charge < -0.3 is 5.32 Å². The third-order valence-electron chi connectivity index (χ3n) is 4.33. The van der Waals surface area contributed by atoms with E-state index in [9.17, 15) is 4.79 Å². The van der Waals surface area contributed by atoms with Crippen LogP contribution in [0.1, 0.15) is 11.1 Å². The third-order valence-corrected chi connectivity index (χ3v) is 6.13. The first-order valence-electron chi connectivity index (χ1n) is 9.16. The summed E-state index contributed by atoms with van der Waals surface area (Å²) in [5.74, 6) is 0.961. The van der Waals surface area contributed by atoms with Crippen molar-refractivity contribution in [1.29, 1.82) is 0 Å². The zero-order valence-electron chi connectivity index (χ0n) is 16.1. The topological polar surface area (TPSA) is 59.8 Å². The summed E-state index contributed by atoms with van der Waals surface area (Å²) in [7, 11) is 0. The predicted molar refractivity (Wildman–Crippen MR) is 120 cm³/mol. The van der Waals surface area contributed by atoms with E-state index < -0.39 is 0 Å². The van der Waals surface area contributed by atoms with Crippen LogP contribution in [-0.4, -0.2) is 26.4 Å². The lowest BCUT2D eigenvalue weighted by molar-refractivity contribution is -0.113. The summed E-state index contributed by atoms with van der Waals surface area (Å²) in [5, 5.41) is 14.4. The Morgan fingerprint density at radius 3 is 2.34 bits per heavy atom. The van der Waals surface area contributed by atoms with Crippen molar-refractivity contribution in [2.45, 2.75) is 19.0 Å². The number of aromatic nitrogens is 3. The van der Waals surface area contributed by atoms with Crippen LogP contribution < -0.4 is 5.32 Å². The number of rotatable bonds is 6. The molecule has 2 aromatic carbocycles. The number of aryl methyl sites for hydroxylation is 2. The Balaban J connectivity index is 1.56. The van der Waals surface area contributed by atoms with E-state index >= 15 is 0 Å². The molecule has 0 aliphatic carbocycles. The minimum atomic E-state index is -0.0741. The Morgan fingerprint density at radius 1 is 1.00 bits per heavy atom. The molecule has 0 saturated carbocycles. The molecule has 0 atom stereocenters. The largest absolute Gasteiger partial charge is 0.325 e. The van der Waals surface area contributed by atoms with Crippen molar-refractivity contribution in [1.82, 2.24) is 14.8 Å². The highest BCUT2D eigenvalue weighted by atomic mass is 32.2. The fourth-order valence-corrected chi connectivity index (χ4v) is 4.27. The molecule has 0 aliphatic rings. The number of hydrogen-bond donors (Lipinski definition) is 1. The molecule has 2 aromatic heterocycles. The van der Waals surface area contributed by atoms with Crippen LogP contribution in [0.5, 0.6) is 0 Å². The van der Waals surface area contributed by atoms with E-state index in [0.29, 0.717) is 5.16 Å². The standard InChI is InChI=1S/C22H20N4OS2/c1-15-5-9-17(10-6-15)23-20(27)14-29-22-25-24-21(19-4-3-13-28-19)26(22)18-11-7-16(2)8-12-18/h3-13H,14H2,1-2H3,(H,23,27). The smallest absolute Gasteiger partial charge is 0.234 e. The maximum atomic E-state index is 12.4. The molecule has 2 heterocycles. The van der Waals surface area contributed by atoms with Crippen LogP contribution >= 0.6 is 23.1 Å². The van der Waals surface area contributed by atoms with Gasteiger partial charge in [0.05, 0.1) is 10.6 Å². The zero-order chi connectivity index (χ0) is 20.2. The molecule has 1 amide bonds. The van der Waals surface area contributed by atoms with Gasteiger partial charge in [0, 0.05) is 11.4 Å². The highest BCUT2D eigenvalue weighted by Gasteiger charge is 2.18. The van der Waals surface area contributed by atoms with Crippen molar-refractivity contribution < 1.29 is 4.79 Å². The monoisotopic (exact) mass is 420 g/mol. The van der Waals surface area contributed by atoms with Crippen molar-refractivity contribution >= 4 is 34.7 Å².